The van der Waals surface area contributed by atoms with E-state index in [2.05, 4.69) is 5.10 Å². The second-order valence-corrected chi connectivity index (χ2v) is 5.36. The van der Waals surface area contributed by atoms with Gasteiger partial charge in [0.25, 0.3) is 5.56 Å². The van der Waals surface area contributed by atoms with Crippen LogP contribution in [0.5, 0.6) is 0 Å². The standard InChI is InChI=1S/C11H14IN3O2/c12-9-6-10(16)15(13-7-9)8-11(17)14-4-2-1-3-5-14/h6-7H,1-5,8H2. The van der Waals surface area contributed by atoms with Gasteiger partial charge in [0, 0.05) is 22.7 Å². The lowest BCUT2D eigenvalue weighted by molar-refractivity contribution is -0.133. The monoisotopic (exact) mass is 347 g/mol. The van der Waals surface area contributed by atoms with Crippen LogP contribution in [-0.2, 0) is 11.3 Å². The van der Waals surface area contributed by atoms with Crippen LogP contribution in [0.15, 0.2) is 17.1 Å². The molecule has 0 aliphatic carbocycles. The highest BCUT2D eigenvalue weighted by Crippen LogP contribution is 2.08. The van der Waals surface area contributed by atoms with Gasteiger partial charge in [0.1, 0.15) is 6.54 Å². The number of carbonyl (C=O) groups is 1. The molecule has 6 heteroatoms. The number of hydrogen-bond donors (Lipinski definition) is 0. The zero-order chi connectivity index (χ0) is 12.3. The molecule has 2 heterocycles. The average Bonchev–Trinajstić information content (AvgIpc) is 2.34. The number of rotatable bonds is 2. The molecule has 1 amide bonds. The quantitative estimate of drug-likeness (QED) is 0.746. The van der Waals surface area contributed by atoms with Crippen LogP contribution >= 0.6 is 22.6 Å². The number of hydrogen-bond acceptors (Lipinski definition) is 3. The number of halogens is 1. The molecular formula is C11H14IN3O2. The molecule has 0 spiro atoms. The molecule has 1 fully saturated rings. The van der Waals surface area contributed by atoms with E-state index in [1.54, 1.807) is 6.20 Å². The van der Waals surface area contributed by atoms with E-state index in [9.17, 15) is 9.59 Å². The summed E-state index contributed by atoms with van der Waals surface area (Å²) in [4.78, 5) is 25.3. The number of nitrogens with zero attached hydrogens (tertiary/aromatic N) is 3. The van der Waals surface area contributed by atoms with Crippen LogP contribution in [-0.4, -0.2) is 33.7 Å². The van der Waals surface area contributed by atoms with Crippen LogP contribution in [0.25, 0.3) is 0 Å². The summed E-state index contributed by atoms with van der Waals surface area (Å²) in [5.41, 5.74) is -0.220. The zero-order valence-electron chi connectivity index (χ0n) is 9.43. The molecule has 1 aromatic heterocycles. The van der Waals surface area contributed by atoms with E-state index in [4.69, 9.17) is 0 Å². The van der Waals surface area contributed by atoms with Crippen molar-refractivity contribution in [1.29, 1.82) is 0 Å². The Labute approximate surface area is 113 Å². The van der Waals surface area contributed by atoms with Crippen LogP contribution in [0.4, 0.5) is 0 Å². The maximum absolute atomic E-state index is 11.9. The predicted molar refractivity (Wildman–Crippen MR) is 71.6 cm³/mol. The van der Waals surface area contributed by atoms with Crippen molar-refractivity contribution in [2.75, 3.05) is 13.1 Å². The Morgan fingerprint density at radius 2 is 2.06 bits per heavy atom. The van der Waals surface area contributed by atoms with Crippen LogP contribution in [0.3, 0.4) is 0 Å². The number of aromatic nitrogens is 2. The molecule has 5 nitrogen and oxygen atoms in total. The molecule has 0 aromatic carbocycles. The number of likely N-dealkylation sites (tertiary alicyclic amines) is 1. The summed E-state index contributed by atoms with van der Waals surface area (Å²) in [6, 6.07) is 1.48. The van der Waals surface area contributed by atoms with Gasteiger partial charge in [-0.3, -0.25) is 9.59 Å². The molecule has 2 rings (SSSR count). The minimum absolute atomic E-state index is 0.0134. The fraction of sp³-hybridized carbons (Fsp3) is 0.545. The van der Waals surface area contributed by atoms with Crippen molar-refractivity contribution in [2.45, 2.75) is 25.8 Å². The fourth-order valence-corrected chi connectivity index (χ4v) is 2.29. The van der Waals surface area contributed by atoms with Crippen LogP contribution < -0.4 is 5.56 Å². The predicted octanol–water partition coefficient (Wildman–Crippen LogP) is 0.860. The van der Waals surface area contributed by atoms with Gasteiger partial charge in [0.2, 0.25) is 5.91 Å². The van der Waals surface area contributed by atoms with Gasteiger partial charge >= 0.3 is 0 Å². The first-order valence-electron chi connectivity index (χ1n) is 5.67. The summed E-state index contributed by atoms with van der Waals surface area (Å²) in [5.74, 6) is -0.0134. The third-order valence-electron chi connectivity index (χ3n) is 2.83. The lowest BCUT2D eigenvalue weighted by atomic mass is 10.1. The van der Waals surface area contributed by atoms with Gasteiger partial charge in [0.05, 0.1) is 6.20 Å². The van der Waals surface area contributed by atoms with Crippen LogP contribution in [0.1, 0.15) is 19.3 Å². The van der Waals surface area contributed by atoms with E-state index in [0.29, 0.717) is 0 Å². The Morgan fingerprint density at radius 3 is 2.71 bits per heavy atom. The van der Waals surface area contributed by atoms with Crippen molar-refractivity contribution in [3.05, 3.63) is 26.2 Å². The summed E-state index contributed by atoms with van der Waals surface area (Å²) in [6.45, 7) is 1.66. The number of amides is 1. The third-order valence-corrected chi connectivity index (χ3v) is 3.42. The van der Waals surface area contributed by atoms with E-state index in [1.165, 1.54) is 17.2 Å². The van der Waals surface area contributed by atoms with Gasteiger partial charge in [-0.25, -0.2) is 4.68 Å². The van der Waals surface area contributed by atoms with Crippen molar-refractivity contribution in [3.8, 4) is 0 Å². The molecule has 0 radical (unpaired) electrons. The first kappa shape index (κ1) is 12.5. The van der Waals surface area contributed by atoms with Gasteiger partial charge in [-0.1, -0.05) is 0 Å². The van der Waals surface area contributed by atoms with Crippen LogP contribution in [0.2, 0.25) is 0 Å². The second kappa shape index (κ2) is 5.61. The third kappa shape index (κ3) is 3.27. The summed E-state index contributed by atoms with van der Waals surface area (Å²) < 4.78 is 2.01. The van der Waals surface area contributed by atoms with Crippen molar-refractivity contribution in [2.24, 2.45) is 0 Å². The average molecular weight is 347 g/mol. The van der Waals surface area contributed by atoms with Gasteiger partial charge < -0.3 is 4.90 Å². The van der Waals surface area contributed by atoms with Gasteiger partial charge in [-0.05, 0) is 41.9 Å². The van der Waals surface area contributed by atoms with Gasteiger partial charge in [-0.2, -0.15) is 5.10 Å². The van der Waals surface area contributed by atoms with E-state index >= 15 is 0 Å². The first-order valence-corrected chi connectivity index (χ1v) is 6.75. The molecule has 0 N–H and O–H groups in total. The normalized spacial score (nSPS) is 15.9. The fourth-order valence-electron chi connectivity index (χ4n) is 1.90. The lowest BCUT2D eigenvalue weighted by Gasteiger charge is -2.26. The molecular weight excluding hydrogens is 333 g/mol. The van der Waals surface area contributed by atoms with E-state index < -0.39 is 0 Å². The molecule has 1 saturated heterocycles. The summed E-state index contributed by atoms with van der Waals surface area (Å²) >= 11 is 2.03. The smallest absolute Gasteiger partial charge is 0.268 e. The van der Waals surface area contributed by atoms with Gasteiger partial charge in [-0.15, -0.1) is 0 Å². The Balaban J connectivity index is 2.04. The van der Waals surface area contributed by atoms with Crippen molar-refractivity contribution in [1.82, 2.24) is 14.7 Å². The van der Waals surface area contributed by atoms with Crippen molar-refractivity contribution >= 4 is 28.5 Å². The molecule has 0 bridgehead atoms. The summed E-state index contributed by atoms with van der Waals surface area (Å²) in [6.07, 6.45) is 4.89. The minimum Gasteiger partial charge on any atom is -0.341 e. The SMILES string of the molecule is O=C(Cn1ncc(I)cc1=O)N1CCCCC1. The largest absolute Gasteiger partial charge is 0.341 e. The van der Waals surface area contributed by atoms with E-state index in [-0.39, 0.29) is 18.0 Å². The summed E-state index contributed by atoms with van der Waals surface area (Å²) in [7, 11) is 0. The molecule has 1 aromatic rings. The first-order chi connectivity index (χ1) is 8.16. The van der Waals surface area contributed by atoms with Crippen molar-refractivity contribution in [3.63, 3.8) is 0 Å². The second-order valence-electron chi connectivity index (χ2n) is 4.11. The van der Waals surface area contributed by atoms with Gasteiger partial charge in [0.15, 0.2) is 0 Å². The highest BCUT2D eigenvalue weighted by molar-refractivity contribution is 14.1. The maximum Gasteiger partial charge on any atom is 0.268 e. The Hall–Kier alpha value is -0.920. The Kier molecular flexibility index (Phi) is 4.14. The molecule has 1 aliphatic heterocycles. The highest BCUT2D eigenvalue weighted by atomic mass is 127. The minimum atomic E-state index is -0.220. The zero-order valence-corrected chi connectivity index (χ0v) is 11.6. The number of carbonyl (C=O) groups excluding carboxylic acids is 1. The molecule has 92 valence electrons. The highest BCUT2D eigenvalue weighted by Gasteiger charge is 2.17. The molecule has 0 atom stereocenters. The molecule has 0 saturated carbocycles. The maximum atomic E-state index is 11.9. The number of piperidine rings is 1. The molecule has 17 heavy (non-hydrogen) atoms. The van der Waals surface area contributed by atoms with E-state index in [0.717, 1.165) is 29.5 Å². The lowest BCUT2D eigenvalue weighted by Crippen LogP contribution is -2.40. The van der Waals surface area contributed by atoms with E-state index in [1.807, 2.05) is 27.5 Å². The molecule has 1 aliphatic rings. The summed E-state index contributed by atoms with van der Waals surface area (Å²) in [5, 5.41) is 3.96. The topological polar surface area (TPSA) is 55.2 Å². The van der Waals surface area contributed by atoms with Crippen molar-refractivity contribution < 1.29 is 4.79 Å². The Morgan fingerprint density at radius 1 is 1.35 bits per heavy atom. The van der Waals surface area contributed by atoms with Crippen LogP contribution in [0, 0.1) is 3.57 Å². The Bertz CT molecular complexity index is 466. The molecule has 0 unspecified atom stereocenters.